The minimum Gasteiger partial charge on any atom is -0.493 e. The van der Waals surface area contributed by atoms with Crippen molar-refractivity contribution in [3.05, 3.63) is 29.8 Å². The fraction of sp³-hybridized carbons (Fsp3) is 0.529. The second-order valence-corrected chi connectivity index (χ2v) is 5.05. The Morgan fingerprint density at radius 3 is 2.50 bits per heavy atom. The molecule has 98 valence electrons. The molecule has 0 N–H and O–H groups in total. The molecule has 0 heterocycles. The first kappa shape index (κ1) is 14.6. The van der Waals surface area contributed by atoms with Gasteiger partial charge >= 0.3 is 0 Å². The second-order valence-electron chi connectivity index (χ2n) is 5.05. The van der Waals surface area contributed by atoms with Crippen LogP contribution >= 0.6 is 0 Å². The van der Waals surface area contributed by atoms with Crippen molar-refractivity contribution in [2.45, 2.75) is 46.5 Å². The van der Waals surface area contributed by atoms with Crippen molar-refractivity contribution in [3.8, 4) is 17.6 Å². The van der Waals surface area contributed by atoms with Crippen LogP contribution in [0.5, 0.6) is 5.75 Å². The molecular weight excluding hydrogens is 220 g/mol. The Bertz CT molecular complexity index is 409. The Balaban J connectivity index is 2.74. The highest BCUT2D eigenvalue weighted by Crippen LogP contribution is 2.28. The molecular formula is C17H24O. The zero-order valence-electron chi connectivity index (χ0n) is 12.0. The molecule has 0 amide bonds. The zero-order chi connectivity index (χ0) is 13.4. The van der Waals surface area contributed by atoms with Gasteiger partial charge in [-0.1, -0.05) is 45.9 Å². The molecule has 0 radical (unpaired) electrons. The molecule has 0 fully saturated rings. The molecule has 1 heteroatoms. The quantitative estimate of drug-likeness (QED) is 0.686. The van der Waals surface area contributed by atoms with Crippen molar-refractivity contribution >= 4 is 0 Å². The molecule has 0 saturated carbocycles. The maximum absolute atomic E-state index is 5.88. The maximum Gasteiger partial charge on any atom is 0.122 e. The van der Waals surface area contributed by atoms with Crippen LogP contribution in [0.25, 0.3) is 0 Å². The molecule has 0 aliphatic rings. The second kappa shape index (κ2) is 7.82. The van der Waals surface area contributed by atoms with Gasteiger partial charge in [0.25, 0.3) is 0 Å². The van der Waals surface area contributed by atoms with E-state index < -0.39 is 0 Å². The zero-order valence-corrected chi connectivity index (χ0v) is 12.0. The number of hydrogen-bond donors (Lipinski definition) is 0. The lowest BCUT2D eigenvalue weighted by Gasteiger charge is -2.16. The predicted octanol–water partition coefficient (Wildman–Crippen LogP) is 4.63. The summed E-state index contributed by atoms with van der Waals surface area (Å²) in [5.41, 5.74) is 1.27. The van der Waals surface area contributed by atoms with Crippen LogP contribution in [0.15, 0.2) is 24.3 Å². The monoisotopic (exact) mass is 244 g/mol. The first-order valence-electron chi connectivity index (χ1n) is 6.82. The van der Waals surface area contributed by atoms with E-state index in [0.29, 0.717) is 11.8 Å². The average Bonchev–Trinajstić information content (AvgIpc) is 2.37. The summed E-state index contributed by atoms with van der Waals surface area (Å²) >= 11 is 0. The van der Waals surface area contributed by atoms with Gasteiger partial charge in [-0.3, -0.25) is 0 Å². The van der Waals surface area contributed by atoms with Gasteiger partial charge < -0.3 is 4.74 Å². The predicted molar refractivity (Wildman–Crippen MR) is 77.9 cm³/mol. The summed E-state index contributed by atoms with van der Waals surface area (Å²) in [6.07, 6.45) is 1.83. The van der Waals surface area contributed by atoms with Gasteiger partial charge in [-0.2, -0.15) is 0 Å². The van der Waals surface area contributed by atoms with Crippen molar-refractivity contribution in [1.82, 2.24) is 0 Å². The molecule has 1 unspecified atom stereocenters. The molecule has 1 atom stereocenters. The standard InChI is InChI=1S/C17H24O/c1-5-6-7-10-15(4)16-11-8-9-12-17(16)18-13-14(2)3/h8-9,11-12,14-15H,5,10,13H2,1-4H3. The van der Waals surface area contributed by atoms with Crippen LogP contribution in [0, 0.1) is 17.8 Å². The van der Waals surface area contributed by atoms with Crippen LogP contribution in [0.2, 0.25) is 0 Å². The Kier molecular flexibility index (Phi) is 6.36. The molecule has 0 saturated heterocycles. The summed E-state index contributed by atoms with van der Waals surface area (Å²) in [7, 11) is 0. The summed E-state index contributed by atoms with van der Waals surface area (Å²) in [6.45, 7) is 9.39. The molecule has 0 spiro atoms. The van der Waals surface area contributed by atoms with E-state index in [4.69, 9.17) is 4.74 Å². The lowest BCUT2D eigenvalue weighted by Crippen LogP contribution is -2.07. The molecule has 0 aliphatic heterocycles. The van der Waals surface area contributed by atoms with Gasteiger partial charge in [-0.05, 0) is 23.5 Å². The summed E-state index contributed by atoms with van der Waals surface area (Å²) in [5, 5.41) is 0. The van der Waals surface area contributed by atoms with E-state index in [9.17, 15) is 0 Å². The molecule has 0 aromatic heterocycles. The molecule has 1 aromatic carbocycles. The minimum absolute atomic E-state index is 0.424. The highest BCUT2D eigenvalue weighted by molar-refractivity contribution is 5.36. The first-order valence-corrected chi connectivity index (χ1v) is 6.82. The molecule has 0 bridgehead atoms. The summed E-state index contributed by atoms with van der Waals surface area (Å²) in [5.74, 6) is 8.33. The summed E-state index contributed by atoms with van der Waals surface area (Å²) in [4.78, 5) is 0. The van der Waals surface area contributed by atoms with Gasteiger partial charge in [0.15, 0.2) is 0 Å². The van der Waals surface area contributed by atoms with Gasteiger partial charge in [0.2, 0.25) is 0 Å². The van der Waals surface area contributed by atoms with E-state index in [0.717, 1.165) is 25.2 Å². The number of rotatable bonds is 5. The molecule has 1 aromatic rings. The van der Waals surface area contributed by atoms with E-state index in [1.807, 2.05) is 6.07 Å². The van der Waals surface area contributed by atoms with Crippen LogP contribution in [0.3, 0.4) is 0 Å². The summed E-state index contributed by atoms with van der Waals surface area (Å²) < 4.78 is 5.88. The van der Waals surface area contributed by atoms with Crippen molar-refractivity contribution in [1.29, 1.82) is 0 Å². The van der Waals surface area contributed by atoms with E-state index in [-0.39, 0.29) is 0 Å². The third-order valence-corrected chi connectivity index (χ3v) is 2.73. The minimum atomic E-state index is 0.424. The number of hydrogen-bond acceptors (Lipinski definition) is 1. The fourth-order valence-electron chi connectivity index (χ4n) is 1.74. The molecule has 18 heavy (non-hydrogen) atoms. The van der Waals surface area contributed by atoms with E-state index >= 15 is 0 Å². The highest BCUT2D eigenvalue weighted by Gasteiger charge is 2.10. The van der Waals surface area contributed by atoms with Crippen molar-refractivity contribution in [2.75, 3.05) is 6.61 Å². The normalized spacial score (nSPS) is 11.8. The van der Waals surface area contributed by atoms with Crippen LogP contribution in [-0.2, 0) is 0 Å². The van der Waals surface area contributed by atoms with Crippen molar-refractivity contribution < 1.29 is 4.74 Å². The van der Waals surface area contributed by atoms with Gasteiger partial charge in [-0.15, -0.1) is 11.8 Å². The van der Waals surface area contributed by atoms with E-state index in [2.05, 4.69) is 57.7 Å². The topological polar surface area (TPSA) is 9.23 Å². The first-order chi connectivity index (χ1) is 8.65. The van der Waals surface area contributed by atoms with Crippen molar-refractivity contribution in [3.63, 3.8) is 0 Å². The third-order valence-electron chi connectivity index (χ3n) is 2.73. The van der Waals surface area contributed by atoms with Crippen LogP contribution < -0.4 is 4.74 Å². The van der Waals surface area contributed by atoms with E-state index in [1.54, 1.807) is 0 Å². The maximum atomic E-state index is 5.88. The number of ether oxygens (including phenoxy) is 1. The lowest BCUT2D eigenvalue weighted by molar-refractivity contribution is 0.267. The van der Waals surface area contributed by atoms with Gasteiger partial charge in [-0.25, -0.2) is 0 Å². The Hall–Kier alpha value is -1.42. The Morgan fingerprint density at radius 1 is 1.11 bits per heavy atom. The average molecular weight is 244 g/mol. The lowest BCUT2D eigenvalue weighted by atomic mass is 9.97. The number of para-hydroxylation sites is 1. The Morgan fingerprint density at radius 2 is 1.83 bits per heavy atom. The van der Waals surface area contributed by atoms with Crippen LogP contribution in [0.4, 0.5) is 0 Å². The van der Waals surface area contributed by atoms with Gasteiger partial charge in [0.05, 0.1) is 6.61 Å². The molecule has 1 nitrogen and oxygen atoms in total. The number of benzene rings is 1. The summed E-state index contributed by atoms with van der Waals surface area (Å²) in [6, 6.07) is 8.31. The fourth-order valence-corrected chi connectivity index (χ4v) is 1.74. The third kappa shape index (κ3) is 4.84. The van der Waals surface area contributed by atoms with Crippen LogP contribution in [-0.4, -0.2) is 6.61 Å². The molecule has 0 aliphatic carbocycles. The smallest absolute Gasteiger partial charge is 0.122 e. The van der Waals surface area contributed by atoms with E-state index in [1.165, 1.54) is 5.56 Å². The highest BCUT2D eigenvalue weighted by atomic mass is 16.5. The largest absolute Gasteiger partial charge is 0.493 e. The van der Waals surface area contributed by atoms with Crippen LogP contribution in [0.1, 0.15) is 52.0 Å². The van der Waals surface area contributed by atoms with Gasteiger partial charge in [0.1, 0.15) is 5.75 Å². The van der Waals surface area contributed by atoms with Crippen molar-refractivity contribution in [2.24, 2.45) is 5.92 Å². The SMILES string of the molecule is CCC#CCC(C)c1ccccc1OCC(C)C. The Labute approximate surface area is 112 Å². The van der Waals surface area contributed by atoms with Gasteiger partial charge in [0, 0.05) is 12.8 Å². The molecule has 1 rings (SSSR count).